The highest BCUT2D eigenvalue weighted by molar-refractivity contribution is 8.00. The molecular formula is C14H20N2O2S. The average Bonchev–Trinajstić information content (AvgIpc) is 2.82. The highest BCUT2D eigenvalue weighted by atomic mass is 32.2. The zero-order valence-corrected chi connectivity index (χ0v) is 11.9. The maximum absolute atomic E-state index is 11.7. The van der Waals surface area contributed by atoms with Crippen LogP contribution in [0.15, 0.2) is 24.3 Å². The van der Waals surface area contributed by atoms with Crippen molar-refractivity contribution in [2.24, 2.45) is 0 Å². The molecule has 0 bridgehead atoms. The van der Waals surface area contributed by atoms with Crippen molar-refractivity contribution in [3.05, 3.63) is 29.8 Å². The Balaban J connectivity index is 1.92. The summed E-state index contributed by atoms with van der Waals surface area (Å²) in [7, 11) is 0. The Kier molecular flexibility index (Phi) is 5.10. The van der Waals surface area contributed by atoms with Gasteiger partial charge in [-0.15, -0.1) is 0 Å². The summed E-state index contributed by atoms with van der Waals surface area (Å²) >= 11 is 1.99. The minimum atomic E-state index is -0.148. The van der Waals surface area contributed by atoms with Crippen molar-refractivity contribution in [3.8, 4) is 0 Å². The lowest BCUT2D eigenvalue weighted by atomic mass is 10.1. The number of aliphatic hydroxyl groups is 1. The maximum atomic E-state index is 11.7. The van der Waals surface area contributed by atoms with Crippen molar-refractivity contribution in [2.75, 3.05) is 24.2 Å². The fourth-order valence-electron chi connectivity index (χ4n) is 2.12. The van der Waals surface area contributed by atoms with E-state index < -0.39 is 0 Å². The first kappa shape index (κ1) is 14.2. The molecule has 2 unspecified atom stereocenters. The molecular weight excluding hydrogens is 260 g/mol. The summed E-state index contributed by atoms with van der Waals surface area (Å²) in [5.74, 6) is 1.06. The quantitative estimate of drug-likeness (QED) is 0.768. The molecule has 5 heteroatoms. The molecule has 1 aromatic carbocycles. The fraction of sp³-hybridized carbons (Fsp3) is 0.500. The second kappa shape index (κ2) is 6.82. The Labute approximate surface area is 118 Å². The Hall–Kier alpha value is -1.20. The number of aliphatic hydroxyl groups excluding tert-OH is 1. The molecule has 3 N–H and O–H groups in total. The number of nitrogens with one attached hydrogen (secondary N) is 2. The number of carbonyl (C=O) groups is 1. The van der Waals surface area contributed by atoms with Gasteiger partial charge in [-0.3, -0.25) is 4.79 Å². The van der Waals surface area contributed by atoms with Crippen LogP contribution in [0, 0.1) is 0 Å². The number of thioether (sulfide) groups is 1. The number of rotatable bonds is 5. The van der Waals surface area contributed by atoms with Gasteiger partial charge in [-0.1, -0.05) is 6.92 Å². The third kappa shape index (κ3) is 3.88. The molecule has 1 fully saturated rings. The van der Waals surface area contributed by atoms with Crippen LogP contribution in [-0.2, 0) is 0 Å². The van der Waals surface area contributed by atoms with E-state index in [-0.39, 0.29) is 19.1 Å². The van der Waals surface area contributed by atoms with Crippen LogP contribution in [-0.4, -0.2) is 41.2 Å². The van der Waals surface area contributed by atoms with Crippen LogP contribution >= 0.6 is 11.8 Å². The Morgan fingerprint density at radius 2 is 2.16 bits per heavy atom. The van der Waals surface area contributed by atoms with Crippen LogP contribution in [0.25, 0.3) is 0 Å². The lowest BCUT2D eigenvalue weighted by Gasteiger charge is -2.18. The number of hydrogen-bond acceptors (Lipinski definition) is 4. The van der Waals surface area contributed by atoms with Gasteiger partial charge in [0.25, 0.3) is 5.91 Å². The molecule has 104 valence electrons. The summed E-state index contributed by atoms with van der Waals surface area (Å²) in [6.07, 6.45) is 1.19. The largest absolute Gasteiger partial charge is 0.395 e. The Bertz CT molecular complexity index is 422. The lowest BCUT2D eigenvalue weighted by molar-refractivity contribution is 0.0945. The SMILES string of the molecule is CC1SCCC1Nc1ccc(C(=O)NCCO)cc1. The van der Waals surface area contributed by atoms with Crippen LogP contribution in [0.4, 0.5) is 5.69 Å². The van der Waals surface area contributed by atoms with Crippen molar-refractivity contribution < 1.29 is 9.90 Å². The minimum Gasteiger partial charge on any atom is -0.395 e. The highest BCUT2D eigenvalue weighted by Gasteiger charge is 2.23. The van der Waals surface area contributed by atoms with Crippen LogP contribution in [0.2, 0.25) is 0 Å². The highest BCUT2D eigenvalue weighted by Crippen LogP contribution is 2.28. The lowest BCUT2D eigenvalue weighted by Crippen LogP contribution is -2.26. The van der Waals surface area contributed by atoms with E-state index in [0.717, 1.165) is 5.69 Å². The second-order valence-corrected chi connectivity index (χ2v) is 6.16. The van der Waals surface area contributed by atoms with Crippen molar-refractivity contribution in [3.63, 3.8) is 0 Å². The van der Waals surface area contributed by atoms with Gasteiger partial charge in [0.05, 0.1) is 6.61 Å². The summed E-state index contributed by atoms with van der Waals surface area (Å²) < 4.78 is 0. The number of anilines is 1. The molecule has 1 aliphatic heterocycles. The molecule has 1 aliphatic rings. The van der Waals surface area contributed by atoms with Crippen molar-refractivity contribution in [2.45, 2.75) is 24.6 Å². The molecule has 2 rings (SSSR count). The molecule has 2 atom stereocenters. The van der Waals surface area contributed by atoms with E-state index in [1.54, 1.807) is 0 Å². The molecule has 1 amide bonds. The normalized spacial score (nSPS) is 22.2. The van der Waals surface area contributed by atoms with Gasteiger partial charge in [0.15, 0.2) is 0 Å². The fourth-order valence-corrected chi connectivity index (χ4v) is 3.32. The molecule has 0 radical (unpaired) electrons. The molecule has 0 aliphatic carbocycles. The first-order valence-corrected chi connectivity index (χ1v) is 7.63. The summed E-state index contributed by atoms with van der Waals surface area (Å²) in [5, 5.41) is 15.4. The number of carbonyl (C=O) groups excluding carboxylic acids is 1. The zero-order valence-electron chi connectivity index (χ0n) is 11.1. The monoisotopic (exact) mass is 280 g/mol. The van der Waals surface area contributed by atoms with E-state index in [1.165, 1.54) is 12.2 Å². The first-order valence-electron chi connectivity index (χ1n) is 6.58. The smallest absolute Gasteiger partial charge is 0.251 e. The van der Waals surface area contributed by atoms with E-state index in [9.17, 15) is 4.79 Å². The molecule has 1 saturated heterocycles. The first-order chi connectivity index (χ1) is 9.20. The molecule has 0 aromatic heterocycles. The van der Waals surface area contributed by atoms with Crippen LogP contribution < -0.4 is 10.6 Å². The van der Waals surface area contributed by atoms with E-state index >= 15 is 0 Å². The van der Waals surface area contributed by atoms with Crippen LogP contribution in [0.3, 0.4) is 0 Å². The van der Waals surface area contributed by atoms with Crippen molar-refractivity contribution >= 4 is 23.4 Å². The Morgan fingerprint density at radius 1 is 1.42 bits per heavy atom. The molecule has 1 aromatic rings. The summed E-state index contributed by atoms with van der Waals surface area (Å²) in [5.41, 5.74) is 1.67. The third-order valence-corrected chi connectivity index (χ3v) is 4.60. The van der Waals surface area contributed by atoms with Gasteiger partial charge < -0.3 is 15.7 Å². The number of benzene rings is 1. The topological polar surface area (TPSA) is 61.4 Å². The predicted molar refractivity (Wildman–Crippen MR) is 79.8 cm³/mol. The van der Waals surface area contributed by atoms with Gasteiger partial charge in [-0.05, 0) is 36.4 Å². The van der Waals surface area contributed by atoms with E-state index in [0.29, 0.717) is 16.9 Å². The minimum absolute atomic E-state index is 0.0391. The van der Waals surface area contributed by atoms with E-state index in [1.807, 2.05) is 36.0 Å². The van der Waals surface area contributed by atoms with Gasteiger partial charge in [0, 0.05) is 29.1 Å². The second-order valence-electron chi connectivity index (χ2n) is 4.67. The molecule has 0 saturated carbocycles. The Morgan fingerprint density at radius 3 is 2.74 bits per heavy atom. The predicted octanol–water partition coefficient (Wildman–Crippen LogP) is 1.71. The number of amides is 1. The van der Waals surface area contributed by atoms with E-state index in [4.69, 9.17) is 5.11 Å². The third-order valence-electron chi connectivity index (χ3n) is 3.27. The van der Waals surface area contributed by atoms with Crippen LogP contribution in [0.1, 0.15) is 23.7 Å². The molecule has 4 nitrogen and oxygen atoms in total. The van der Waals surface area contributed by atoms with Crippen molar-refractivity contribution in [1.82, 2.24) is 5.32 Å². The zero-order chi connectivity index (χ0) is 13.7. The van der Waals surface area contributed by atoms with Gasteiger partial charge >= 0.3 is 0 Å². The summed E-state index contributed by atoms with van der Waals surface area (Å²) in [6, 6.07) is 8.00. The van der Waals surface area contributed by atoms with Gasteiger partial charge in [0.2, 0.25) is 0 Å². The average molecular weight is 280 g/mol. The molecule has 1 heterocycles. The standard InChI is InChI=1S/C14H20N2O2S/c1-10-13(6-9-19-10)16-12-4-2-11(3-5-12)14(18)15-7-8-17/h2-5,10,13,16-17H,6-9H2,1H3,(H,15,18). The van der Waals surface area contributed by atoms with Crippen molar-refractivity contribution in [1.29, 1.82) is 0 Å². The van der Waals surface area contributed by atoms with Gasteiger partial charge in [-0.2, -0.15) is 11.8 Å². The number of hydrogen-bond donors (Lipinski definition) is 3. The van der Waals surface area contributed by atoms with Gasteiger partial charge in [0.1, 0.15) is 0 Å². The maximum Gasteiger partial charge on any atom is 0.251 e. The summed E-state index contributed by atoms with van der Waals surface area (Å²) in [4.78, 5) is 11.7. The summed E-state index contributed by atoms with van der Waals surface area (Å²) in [6.45, 7) is 2.49. The molecule has 19 heavy (non-hydrogen) atoms. The van der Waals surface area contributed by atoms with Gasteiger partial charge in [-0.25, -0.2) is 0 Å². The molecule has 0 spiro atoms. The van der Waals surface area contributed by atoms with E-state index in [2.05, 4.69) is 17.6 Å². The van der Waals surface area contributed by atoms with Crippen LogP contribution in [0.5, 0.6) is 0 Å².